The number of benzene rings is 13. The van der Waals surface area contributed by atoms with E-state index in [4.69, 9.17) is 9.47 Å². The monoisotopic (exact) mass is 1100 g/mol. The Labute approximate surface area is 490 Å². The van der Waals surface area contributed by atoms with Crippen LogP contribution < -0.4 is 67.4 Å². The lowest BCUT2D eigenvalue weighted by atomic mass is 9.34. The lowest BCUT2D eigenvalue weighted by Gasteiger charge is -2.36. The van der Waals surface area contributed by atoms with E-state index in [0.29, 0.717) is 0 Å². The summed E-state index contributed by atoms with van der Waals surface area (Å²) in [5.74, 6) is 3.46. The molecule has 6 heteroatoms. The topological polar surface area (TPSA) is 22.9 Å². The van der Waals surface area contributed by atoms with Crippen molar-refractivity contribution in [1.29, 1.82) is 0 Å². The first kappa shape index (κ1) is 48.5. The lowest BCUT2D eigenvalue weighted by molar-refractivity contribution is 0.474. The van der Waals surface area contributed by atoms with E-state index in [2.05, 4.69) is 320 Å². The number of aromatic nitrogens is 1. The fraction of sp³-hybridized carbons (Fsp3) is 0. The van der Waals surface area contributed by atoms with Crippen LogP contribution in [-0.2, 0) is 0 Å². The third-order valence-electron chi connectivity index (χ3n) is 18.3. The summed E-state index contributed by atoms with van der Waals surface area (Å²) < 4.78 is 18.1. The zero-order valence-electron chi connectivity index (χ0n) is 45.9. The fourth-order valence-corrected chi connectivity index (χ4v) is 24.5. The Hall–Kier alpha value is -10.2. The quantitative estimate of drug-likeness (QED) is 0.101. The van der Waals surface area contributed by atoms with Crippen LogP contribution in [0.5, 0.6) is 23.0 Å². The molecule has 84 heavy (non-hydrogen) atoms. The van der Waals surface area contributed by atoms with Crippen LogP contribution in [0.1, 0.15) is 0 Å². The molecule has 2 aliphatic heterocycles. The van der Waals surface area contributed by atoms with Gasteiger partial charge in [0.2, 0.25) is 0 Å². The third kappa shape index (κ3) is 6.93. The second-order valence-corrected chi connectivity index (χ2v) is 30.1. The van der Waals surface area contributed by atoms with Crippen molar-refractivity contribution in [3.05, 3.63) is 315 Å². The molecule has 0 spiro atoms. The van der Waals surface area contributed by atoms with Gasteiger partial charge in [-0.05, 0) is 75.7 Å². The minimum absolute atomic E-state index is 0.234. The Morgan fingerprint density at radius 3 is 0.940 bits per heavy atom. The van der Waals surface area contributed by atoms with E-state index in [0.717, 1.165) is 99.7 Å². The van der Waals surface area contributed by atoms with E-state index >= 15 is 0 Å². The normalized spacial score (nSPS) is 12.7. The molecule has 0 saturated heterocycles. The summed E-state index contributed by atoms with van der Waals surface area (Å²) in [4.78, 5) is 0. The van der Waals surface area contributed by atoms with Crippen LogP contribution in [0.3, 0.4) is 0 Å². The maximum atomic E-state index is 7.84. The number of nitrogens with zero attached hydrogens (tertiary/aromatic N) is 1. The summed E-state index contributed by atoms with van der Waals surface area (Å²) in [6.45, 7) is -0.234. The number of ether oxygens (including phenoxy) is 2. The van der Waals surface area contributed by atoms with Gasteiger partial charge < -0.3 is 13.9 Å². The number of hydrogen-bond donors (Lipinski definition) is 0. The van der Waals surface area contributed by atoms with Crippen LogP contribution in [0.2, 0.25) is 0 Å². The highest BCUT2D eigenvalue weighted by atomic mass is 28.3. The minimum Gasteiger partial charge on any atom is -0.457 e. The van der Waals surface area contributed by atoms with Crippen molar-refractivity contribution in [3.63, 3.8) is 0 Å². The summed E-state index contributed by atoms with van der Waals surface area (Å²) >= 11 is 0. The smallest absolute Gasteiger partial charge is 0.260 e. The van der Waals surface area contributed by atoms with Crippen LogP contribution in [0.15, 0.2) is 315 Å². The van der Waals surface area contributed by atoms with Crippen LogP contribution in [0, 0.1) is 0 Å². The first-order valence-electron chi connectivity index (χ1n) is 29.1. The zero-order chi connectivity index (χ0) is 55.3. The maximum Gasteiger partial charge on any atom is 0.260 e. The van der Waals surface area contributed by atoms with Crippen molar-refractivity contribution in [2.75, 3.05) is 0 Å². The number of para-hydroxylation sites is 4. The second-order valence-electron chi connectivity index (χ2n) is 22.5. The molecule has 0 aliphatic carbocycles. The Morgan fingerprint density at radius 2 is 0.583 bits per heavy atom. The molecule has 2 aromatic heterocycles. The summed E-state index contributed by atoms with van der Waals surface area (Å²) in [6.07, 6.45) is 0. The number of fused-ring (bicyclic) bond motifs is 12. The Balaban J connectivity index is 0.926. The molecule has 17 rings (SSSR count). The molecule has 15 aromatic rings. The van der Waals surface area contributed by atoms with Gasteiger partial charge in [0.25, 0.3) is 6.71 Å². The first-order valence-corrected chi connectivity index (χ1v) is 33.1. The van der Waals surface area contributed by atoms with Crippen molar-refractivity contribution in [2.24, 2.45) is 0 Å². The van der Waals surface area contributed by atoms with Crippen molar-refractivity contribution >= 4 is 119 Å². The van der Waals surface area contributed by atoms with Crippen LogP contribution in [0.4, 0.5) is 0 Å². The predicted molar refractivity (Wildman–Crippen MR) is 357 cm³/mol. The van der Waals surface area contributed by atoms with Gasteiger partial charge in [0, 0.05) is 27.4 Å². The van der Waals surface area contributed by atoms with Gasteiger partial charge in [-0.1, -0.05) is 303 Å². The maximum absolute atomic E-state index is 7.84. The molecule has 0 bridgehead atoms. The Bertz CT molecular complexity index is 4510. The molecule has 2 aliphatic rings. The summed E-state index contributed by atoms with van der Waals surface area (Å²) in [5.41, 5.74) is 11.0. The van der Waals surface area contributed by atoms with Crippen molar-refractivity contribution < 1.29 is 9.47 Å². The molecule has 13 aromatic carbocycles. The number of rotatable bonds is 10. The van der Waals surface area contributed by atoms with Gasteiger partial charge in [0.05, 0.1) is 27.3 Å². The highest BCUT2D eigenvalue weighted by molar-refractivity contribution is 7.20. The SMILES string of the molecule is c1ccc([Si](c2ccccc2)(c2ccccc2)c2cccc(-c3cccc4c3Oc3c5c(c6c7ccccc7n7c8ccccc8c3c67)Oc3c(cccc3-c3cccc([Si](c6ccccc6)(c6ccccc6)c6ccccc6)c3)B45)c2)cc1. The van der Waals surface area contributed by atoms with Crippen molar-refractivity contribution in [1.82, 2.24) is 4.40 Å². The summed E-state index contributed by atoms with van der Waals surface area (Å²) in [6, 6.07) is 117. The fourth-order valence-electron chi connectivity index (χ4n) is 14.9. The molecule has 0 saturated carbocycles. The molecule has 0 N–H and O–H groups in total. The number of hydrogen-bond acceptors (Lipinski definition) is 2. The Morgan fingerprint density at radius 1 is 0.274 bits per heavy atom. The molecule has 4 heterocycles. The van der Waals surface area contributed by atoms with E-state index in [1.165, 1.54) is 41.5 Å². The molecule has 0 atom stereocenters. The van der Waals surface area contributed by atoms with Crippen LogP contribution in [-0.4, -0.2) is 27.3 Å². The highest BCUT2D eigenvalue weighted by Crippen LogP contribution is 2.52. The molecule has 3 nitrogen and oxygen atoms in total. The van der Waals surface area contributed by atoms with E-state index in [1.54, 1.807) is 0 Å². The molecule has 0 unspecified atom stereocenters. The summed E-state index contributed by atoms with van der Waals surface area (Å²) in [7, 11) is -5.78. The van der Waals surface area contributed by atoms with Gasteiger partial charge >= 0.3 is 0 Å². The highest BCUT2D eigenvalue weighted by Gasteiger charge is 2.47. The standard InChI is InChI=1S/C78H52BNO2Si2/c1-7-29-55(30-8-1)83(56-31-9-2-10-32-56,57-33-11-3-12-34-57)61-41-23-27-53(51-61)63-45-25-47-67-75(63)81-77-71-65-43-19-21-49-69(65)80-70-50-22-20-44-66(70)72(74(71)80)78-73(77)79(67)68-48-26-46-64(76(68)82-78)54-28-24-42-62(52-54)84(58-35-13-4-14-36-58,59-37-15-5-16-38-59)60-39-17-6-18-40-60/h1-52H. The van der Waals surface area contributed by atoms with E-state index < -0.39 is 16.1 Å². The van der Waals surface area contributed by atoms with E-state index in [-0.39, 0.29) is 6.71 Å². The largest absolute Gasteiger partial charge is 0.457 e. The van der Waals surface area contributed by atoms with Crippen molar-refractivity contribution in [3.8, 4) is 45.3 Å². The molecule has 392 valence electrons. The lowest BCUT2D eigenvalue weighted by Crippen LogP contribution is -2.74. The third-order valence-corrected chi connectivity index (χ3v) is 27.9. The molecular formula is C78H52BNO2Si2. The van der Waals surface area contributed by atoms with Gasteiger partial charge in [-0.25, -0.2) is 0 Å². The van der Waals surface area contributed by atoms with Crippen LogP contribution >= 0.6 is 0 Å². The van der Waals surface area contributed by atoms with Crippen LogP contribution in [0.25, 0.3) is 60.3 Å². The molecule has 0 fully saturated rings. The zero-order valence-corrected chi connectivity index (χ0v) is 47.9. The van der Waals surface area contributed by atoms with E-state index in [9.17, 15) is 0 Å². The van der Waals surface area contributed by atoms with Gasteiger partial charge in [-0.3, -0.25) is 0 Å². The van der Waals surface area contributed by atoms with Gasteiger partial charge in [0.1, 0.15) is 23.0 Å². The van der Waals surface area contributed by atoms with Gasteiger partial charge in [0.15, 0.2) is 16.1 Å². The Kier molecular flexibility index (Phi) is 11.1. The average molecular weight is 1100 g/mol. The molecule has 0 amide bonds. The second kappa shape index (κ2) is 19.2. The van der Waals surface area contributed by atoms with Gasteiger partial charge in [-0.2, -0.15) is 0 Å². The average Bonchev–Trinajstić information content (AvgIpc) is 1.63. The predicted octanol–water partition coefficient (Wildman–Crippen LogP) is 11.7. The first-order chi connectivity index (χ1) is 41.7. The van der Waals surface area contributed by atoms with Gasteiger partial charge in [-0.15, -0.1) is 0 Å². The molecular weight excluding hydrogens is 1050 g/mol. The van der Waals surface area contributed by atoms with Crippen molar-refractivity contribution in [2.45, 2.75) is 0 Å². The molecule has 0 radical (unpaired) electrons. The van der Waals surface area contributed by atoms with E-state index in [1.807, 2.05) is 0 Å². The summed E-state index contributed by atoms with van der Waals surface area (Å²) in [5, 5.41) is 15.2. The minimum atomic E-state index is -2.89.